The second-order valence-corrected chi connectivity index (χ2v) is 6.34. The average molecular weight is 375 g/mol. The highest BCUT2D eigenvalue weighted by Gasteiger charge is 2.12. The summed E-state index contributed by atoms with van der Waals surface area (Å²) in [6.07, 6.45) is 6.83. The van der Waals surface area contributed by atoms with E-state index in [1.54, 1.807) is 12.2 Å². The zero-order chi connectivity index (χ0) is 20.0. The van der Waals surface area contributed by atoms with Gasteiger partial charge in [-0.15, -0.1) is 0 Å². The summed E-state index contributed by atoms with van der Waals surface area (Å²) in [7, 11) is 0. The van der Waals surface area contributed by atoms with Crippen molar-refractivity contribution in [2.75, 3.05) is 19.6 Å². The van der Waals surface area contributed by atoms with Crippen molar-refractivity contribution in [1.82, 2.24) is 0 Å². The van der Waals surface area contributed by atoms with Crippen molar-refractivity contribution in [2.24, 2.45) is 15.0 Å². The van der Waals surface area contributed by atoms with Crippen LogP contribution in [-0.4, -0.2) is 37.9 Å². The van der Waals surface area contributed by atoms with E-state index in [1.165, 1.54) is 6.08 Å². The summed E-state index contributed by atoms with van der Waals surface area (Å²) in [5.41, 5.74) is 4.42. The van der Waals surface area contributed by atoms with Gasteiger partial charge in [0.05, 0.1) is 19.6 Å². The molecular formula is C22H21N3O3. The van der Waals surface area contributed by atoms with E-state index < -0.39 is 0 Å². The minimum absolute atomic E-state index is 0.0639. The largest absolute Gasteiger partial charge is 0.234 e. The Morgan fingerprint density at radius 2 is 1.11 bits per heavy atom. The van der Waals surface area contributed by atoms with E-state index in [-0.39, 0.29) is 5.92 Å². The van der Waals surface area contributed by atoms with Gasteiger partial charge in [-0.05, 0) is 41.5 Å². The predicted molar refractivity (Wildman–Crippen MR) is 106 cm³/mol. The van der Waals surface area contributed by atoms with Crippen LogP contribution < -0.4 is 0 Å². The summed E-state index contributed by atoms with van der Waals surface area (Å²) in [4.78, 5) is 41.8. The molecule has 0 amide bonds. The summed E-state index contributed by atoms with van der Waals surface area (Å²) >= 11 is 0. The van der Waals surface area contributed by atoms with Gasteiger partial charge in [-0.1, -0.05) is 48.5 Å². The minimum Gasteiger partial charge on any atom is -0.211 e. The summed E-state index contributed by atoms with van der Waals surface area (Å²) in [6.45, 7) is 1.23. The lowest BCUT2D eigenvalue weighted by Crippen LogP contribution is -2.07. The van der Waals surface area contributed by atoms with Crippen molar-refractivity contribution in [2.45, 2.75) is 25.2 Å². The number of carbonyl (C=O) groups excluding carboxylic acids is 3. The Kier molecular flexibility index (Phi) is 8.99. The van der Waals surface area contributed by atoms with Gasteiger partial charge < -0.3 is 0 Å². The van der Waals surface area contributed by atoms with Crippen LogP contribution in [-0.2, 0) is 33.6 Å². The molecule has 142 valence electrons. The second-order valence-electron chi connectivity index (χ2n) is 6.34. The maximum atomic E-state index is 10.6. The third-order valence-corrected chi connectivity index (χ3v) is 4.49. The molecule has 0 N–H and O–H groups in total. The molecule has 28 heavy (non-hydrogen) atoms. The number of isocyanates is 3. The zero-order valence-corrected chi connectivity index (χ0v) is 15.5. The van der Waals surface area contributed by atoms with Gasteiger partial charge in [0.1, 0.15) is 0 Å². The van der Waals surface area contributed by atoms with E-state index in [2.05, 4.69) is 15.0 Å². The smallest absolute Gasteiger partial charge is 0.211 e. The first kappa shape index (κ1) is 20.9. The monoisotopic (exact) mass is 375 g/mol. The molecule has 6 nitrogen and oxygen atoms in total. The number of aliphatic imine (C=N–C) groups is 3. The highest BCUT2D eigenvalue weighted by molar-refractivity contribution is 5.35. The van der Waals surface area contributed by atoms with Crippen LogP contribution in [0.3, 0.4) is 0 Å². The molecule has 0 aliphatic rings. The molecule has 0 heterocycles. The number of hydrogen-bond acceptors (Lipinski definition) is 6. The first-order valence-corrected chi connectivity index (χ1v) is 9.04. The van der Waals surface area contributed by atoms with Crippen molar-refractivity contribution < 1.29 is 14.4 Å². The second kappa shape index (κ2) is 12.1. The molecule has 2 aromatic rings. The fraction of sp³-hybridized carbons (Fsp3) is 0.318. The highest BCUT2D eigenvalue weighted by Crippen LogP contribution is 2.23. The quantitative estimate of drug-likeness (QED) is 0.446. The van der Waals surface area contributed by atoms with Crippen LogP contribution in [0.2, 0.25) is 0 Å². The van der Waals surface area contributed by atoms with Gasteiger partial charge in [0.25, 0.3) is 0 Å². The maximum absolute atomic E-state index is 10.6. The van der Waals surface area contributed by atoms with Crippen LogP contribution in [0, 0.1) is 0 Å². The number of nitrogens with zero attached hydrogens (tertiary/aromatic N) is 3. The molecule has 0 saturated heterocycles. The molecule has 0 radical (unpaired) electrons. The number of benzene rings is 2. The molecule has 0 saturated carbocycles. The molecule has 0 spiro atoms. The fourth-order valence-electron chi connectivity index (χ4n) is 2.98. The Bertz CT molecular complexity index is 888. The molecule has 0 bridgehead atoms. The van der Waals surface area contributed by atoms with Gasteiger partial charge in [0, 0.05) is 5.92 Å². The van der Waals surface area contributed by atoms with Crippen molar-refractivity contribution in [3.63, 3.8) is 0 Å². The van der Waals surface area contributed by atoms with E-state index in [1.807, 2.05) is 48.5 Å². The van der Waals surface area contributed by atoms with Crippen LogP contribution in [0.4, 0.5) is 0 Å². The minimum atomic E-state index is 0.0639. The SMILES string of the molecule is O=C=NCCc1ccc(CC(CN=C=O)c2ccc(CCN=C=O)cc2)cc1. The third-order valence-electron chi connectivity index (χ3n) is 4.49. The number of rotatable bonds is 11. The van der Waals surface area contributed by atoms with Gasteiger partial charge in [-0.2, -0.15) is 0 Å². The molecular weight excluding hydrogens is 354 g/mol. The van der Waals surface area contributed by atoms with Crippen molar-refractivity contribution in [1.29, 1.82) is 0 Å². The van der Waals surface area contributed by atoms with E-state index in [0.717, 1.165) is 28.7 Å². The van der Waals surface area contributed by atoms with Gasteiger partial charge in [0.2, 0.25) is 18.2 Å². The van der Waals surface area contributed by atoms with Gasteiger partial charge >= 0.3 is 0 Å². The molecule has 6 heteroatoms. The summed E-state index contributed by atoms with van der Waals surface area (Å²) in [5.74, 6) is 0.0639. The lowest BCUT2D eigenvalue weighted by atomic mass is 9.90. The van der Waals surface area contributed by atoms with Crippen molar-refractivity contribution in [3.8, 4) is 0 Å². The third kappa shape index (κ3) is 7.06. The lowest BCUT2D eigenvalue weighted by Gasteiger charge is -2.16. The fourth-order valence-corrected chi connectivity index (χ4v) is 2.98. The first-order valence-electron chi connectivity index (χ1n) is 9.04. The Labute approximate surface area is 163 Å². The highest BCUT2D eigenvalue weighted by atomic mass is 16.1. The average Bonchev–Trinajstić information content (AvgIpc) is 2.73. The Balaban J connectivity index is 2.07. The van der Waals surface area contributed by atoms with Crippen LogP contribution in [0.5, 0.6) is 0 Å². The Morgan fingerprint density at radius 3 is 1.61 bits per heavy atom. The van der Waals surface area contributed by atoms with Gasteiger partial charge in [-0.3, -0.25) is 0 Å². The molecule has 1 unspecified atom stereocenters. The summed E-state index contributed by atoms with van der Waals surface area (Å²) < 4.78 is 0. The van der Waals surface area contributed by atoms with E-state index in [9.17, 15) is 14.4 Å². The van der Waals surface area contributed by atoms with E-state index in [0.29, 0.717) is 32.5 Å². The molecule has 2 rings (SSSR count). The van der Waals surface area contributed by atoms with Crippen molar-refractivity contribution in [3.05, 3.63) is 70.8 Å². The summed E-state index contributed by atoms with van der Waals surface area (Å²) in [5, 5.41) is 0. The van der Waals surface area contributed by atoms with E-state index >= 15 is 0 Å². The van der Waals surface area contributed by atoms with E-state index in [4.69, 9.17) is 0 Å². The van der Waals surface area contributed by atoms with Crippen LogP contribution >= 0.6 is 0 Å². The maximum Gasteiger partial charge on any atom is 0.234 e. The molecule has 2 aromatic carbocycles. The predicted octanol–water partition coefficient (Wildman–Crippen LogP) is 3.11. The molecule has 0 aliphatic carbocycles. The van der Waals surface area contributed by atoms with Crippen molar-refractivity contribution >= 4 is 18.2 Å². The normalized spacial score (nSPS) is 10.9. The molecule has 1 atom stereocenters. The summed E-state index contributed by atoms with van der Waals surface area (Å²) in [6, 6.07) is 16.2. The van der Waals surface area contributed by atoms with Gasteiger partial charge in [0.15, 0.2) is 0 Å². The first-order chi connectivity index (χ1) is 13.8. The van der Waals surface area contributed by atoms with Crippen LogP contribution in [0.1, 0.15) is 28.2 Å². The zero-order valence-electron chi connectivity index (χ0n) is 15.5. The molecule has 0 fully saturated rings. The Morgan fingerprint density at radius 1 is 0.643 bits per heavy atom. The van der Waals surface area contributed by atoms with Gasteiger partial charge in [-0.25, -0.2) is 29.4 Å². The van der Waals surface area contributed by atoms with Crippen LogP contribution in [0.25, 0.3) is 0 Å². The topological polar surface area (TPSA) is 88.3 Å². The van der Waals surface area contributed by atoms with Crippen LogP contribution in [0.15, 0.2) is 63.5 Å². The molecule has 0 aromatic heterocycles. The standard InChI is InChI=1S/C22H21N3O3/c26-15-23-11-9-18-1-3-20(4-2-18)13-22(14-25-17-28)21-7-5-19(6-8-21)10-12-24-16-27/h1-8,22H,9-14H2. The Hall–Kier alpha value is -3.42. The molecule has 0 aliphatic heterocycles. The number of hydrogen-bond donors (Lipinski definition) is 0. The lowest BCUT2D eigenvalue weighted by molar-refractivity contribution is 0.560.